The predicted molar refractivity (Wildman–Crippen MR) is 95.5 cm³/mol. The second kappa shape index (κ2) is 5.92. The number of hydrogen-bond donors (Lipinski definition) is 2. The number of aromatic amines is 2. The van der Waals surface area contributed by atoms with E-state index in [1.54, 1.807) is 18.3 Å². The van der Waals surface area contributed by atoms with Crippen LogP contribution in [0.2, 0.25) is 5.02 Å². The van der Waals surface area contributed by atoms with Crippen LogP contribution in [0.4, 0.5) is 0 Å². The monoisotopic (exact) mass is 357 g/mol. The first-order chi connectivity index (χ1) is 11.6. The molecule has 4 rings (SSSR count). The maximum absolute atomic E-state index is 12.2. The average Bonchev–Trinajstić information content (AvgIpc) is 2.96. The number of rotatable bonds is 3. The van der Waals surface area contributed by atoms with Crippen LogP contribution in [0.1, 0.15) is 18.0 Å². The van der Waals surface area contributed by atoms with Crippen LogP contribution in [0.25, 0.3) is 22.1 Å². The first kappa shape index (κ1) is 15.2. The second-order valence-electron chi connectivity index (χ2n) is 5.30. The Balaban J connectivity index is 1.67. The van der Waals surface area contributed by atoms with E-state index in [0.29, 0.717) is 32.6 Å². The fourth-order valence-electron chi connectivity index (χ4n) is 2.43. The lowest BCUT2D eigenvalue weighted by molar-refractivity contribution is 0.914. The van der Waals surface area contributed by atoms with Crippen LogP contribution in [-0.4, -0.2) is 24.9 Å². The SMILES string of the molecule is C[C@@H](Sc1nc2ncc(Cl)cc2[nH]1)c1nc2ccccc2c(=O)[nH]1. The molecule has 0 spiro atoms. The lowest BCUT2D eigenvalue weighted by Crippen LogP contribution is -2.12. The molecule has 0 aliphatic heterocycles. The summed E-state index contributed by atoms with van der Waals surface area (Å²) in [6, 6.07) is 9.06. The molecular formula is C16H12ClN5OS. The Labute approximate surface area is 145 Å². The Bertz CT molecular complexity index is 1110. The molecule has 1 atom stereocenters. The molecule has 0 aliphatic rings. The lowest BCUT2D eigenvalue weighted by atomic mass is 10.2. The summed E-state index contributed by atoms with van der Waals surface area (Å²) in [5.41, 5.74) is 1.93. The highest BCUT2D eigenvalue weighted by molar-refractivity contribution is 7.99. The van der Waals surface area contributed by atoms with Gasteiger partial charge in [-0.1, -0.05) is 35.5 Å². The molecule has 0 saturated carbocycles. The molecule has 4 aromatic rings. The van der Waals surface area contributed by atoms with E-state index in [1.807, 2.05) is 25.1 Å². The smallest absolute Gasteiger partial charge is 0.258 e. The summed E-state index contributed by atoms with van der Waals surface area (Å²) in [7, 11) is 0. The van der Waals surface area contributed by atoms with Gasteiger partial charge in [-0.25, -0.2) is 15.0 Å². The number of hydrogen-bond acceptors (Lipinski definition) is 5. The highest BCUT2D eigenvalue weighted by Gasteiger charge is 2.15. The minimum atomic E-state index is -0.138. The Morgan fingerprint density at radius 3 is 2.92 bits per heavy atom. The molecule has 0 bridgehead atoms. The van der Waals surface area contributed by atoms with Gasteiger partial charge in [0, 0.05) is 6.20 Å². The third-order valence-corrected chi connectivity index (χ3v) is 4.79. The molecular weight excluding hydrogens is 346 g/mol. The Kier molecular flexibility index (Phi) is 3.74. The Morgan fingerprint density at radius 1 is 1.21 bits per heavy atom. The normalized spacial score (nSPS) is 12.8. The number of benzene rings is 1. The molecule has 120 valence electrons. The van der Waals surface area contributed by atoms with Gasteiger partial charge in [0.05, 0.1) is 26.7 Å². The molecule has 0 unspecified atom stereocenters. The van der Waals surface area contributed by atoms with E-state index in [9.17, 15) is 4.79 Å². The molecule has 1 aromatic carbocycles. The van der Waals surface area contributed by atoms with Gasteiger partial charge in [0.25, 0.3) is 5.56 Å². The van der Waals surface area contributed by atoms with Crippen LogP contribution < -0.4 is 5.56 Å². The maximum atomic E-state index is 12.2. The third kappa shape index (κ3) is 2.76. The van der Waals surface area contributed by atoms with Gasteiger partial charge in [-0.2, -0.15) is 0 Å². The number of thioether (sulfide) groups is 1. The Hall–Kier alpha value is -2.38. The number of pyridine rings is 1. The van der Waals surface area contributed by atoms with Crippen LogP contribution in [0.15, 0.2) is 46.5 Å². The fourth-order valence-corrected chi connectivity index (χ4v) is 3.45. The van der Waals surface area contributed by atoms with E-state index in [-0.39, 0.29) is 10.8 Å². The van der Waals surface area contributed by atoms with E-state index >= 15 is 0 Å². The quantitative estimate of drug-likeness (QED) is 0.546. The van der Waals surface area contributed by atoms with Gasteiger partial charge >= 0.3 is 0 Å². The summed E-state index contributed by atoms with van der Waals surface area (Å²) in [6.07, 6.45) is 1.56. The van der Waals surface area contributed by atoms with Gasteiger partial charge in [0.2, 0.25) is 0 Å². The molecule has 0 aliphatic carbocycles. The molecule has 3 heterocycles. The minimum Gasteiger partial charge on any atom is -0.331 e. The summed E-state index contributed by atoms with van der Waals surface area (Å²) in [6.45, 7) is 1.96. The number of para-hydroxylation sites is 1. The van der Waals surface area contributed by atoms with Crippen molar-refractivity contribution in [3.63, 3.8) is 0 Å². The van der Waals surface area contributed by atoms with Gasteiger partial charge in [-0.15, -0.1) is 0 Å². The largest absolute Gasteiger partial charge is 0.331 e. The standard InChI is InChI=1S/C16H12ClN5OS/c1-8(13-19-11-5-3-2-4-10(11)15(23)21-13)24-16-20-12-6-9(17)7-18-14(12)22-16/h2-8H,1H3,(H,18,20,22)(H,19,21,23)/t8-/m1/s1. The predicted octanol–water partition coefficient (Wildman–Crippen LogP) is 3.70. The highest BCUT2D eigenvalue weighted by atomic mass is 35.5. The van der Waals surface area contributed by atoms with Crippen LogP contribution >= 0.6 is 23.4 Å². The third-order valence-electron chi connectivity index (χ3n) is 3.59. The van der Waals surface area contributed by atoms with Crippen molar-refractivity contribution in [2.45, 2.75) is 17.3 Å². The van der Waals surface area contributed by atoms with Crippen molar-refractivity contribution >= 4 is 45.4 Å². The molecule has 0 radical (unpaired) electrons. The zero-order valence-corrected chi connectivity index (χ0v) is 14.1. The van der Waals surface area contributed by atoms with Gasteiger partial charge in [0.15, 0.2) is 10.8 Å². The van der Waals surface area contributed by atoms with Crippen molar-refractivity contribution in [3.8, 4) is 0 Å². The first-order valence-electron chi connectivity index (χ1n) is 7.27. The van der Waals surface area contributed by atoms with Crippen molar-refractivity contribution in [3.05, 3.63) is 57.7 Å². The molecule has 3 aromatic heterocycles. The van der Waals surface area contributed by atoms with Crippen molar-refractivity contribution in [2.24, 2.45) is 0 Å². The summed E-state index contributed by atoms with van der Waals surface area (Å²) in [5, 5.41) is 1.75. The molecule has 0 amide bonds. The lowest BCUT2D eigenvalue weighted by Gasteiger charge is -2.09. The van der Waals surface area contributed by atoms with Crippen molar-refractivity contribution in [1.82, 2.24) is 24.9 Å². The van der Waals surface area contributed by atoms with E-state index in [4.69, 9.17) is 11.6 Å². The molecule has 0 saturated heterocycles. The van der Waals surface area contributed by atoms with Crippen LogP contribution in [0.3, 0.4) is 0 Å². The number of fused-ring (bicyclic) bond motifs is 2. The fraction of sp³-hybridized carbons (Fsp3) is 0.125. The molecule has 8 heteroatoms. The number of nitrogens with one attached hydrogen (secondary N) is 2. The minimum absolute atomic E-state index is 0.0849. The van der Waals surface area contributed by atoms with Gasteiger partial charge in [-0.05, 0) is 25.1 Å². The maximum Gasteiger partial charge on any atom is 0.258 e. The topological polar surface area (TPSA) is 87.3 Å². The average molecular weight is 358 g/mol. The zero-order chi connectivity index (χ0) is 16.7. The molecule has 2 N–H and O–H groups in total. The number of halogens is 1. The zero-order valence-electron chi connectivity index (χ0n) is 12.6. The van der Waals surface area contributed by atoms with Crippen molar-refractivity contribution < 1.29 is 0 Å². The van der Waals surface area contributed by atoms with E-state index in [2.05, 4.69) is 24.9 Å². The van der Waals surface area contributed by atoms with Crippen LogP contribution in [0.5, 0.6) is 0 Å². The molecule has 6 nitrogen and oxygen atoms in total. The summed E-state index contributed by atoms with van der Waals surface area (Å²) in [4.78, 5) is 31.3. The first-order valence-corrected chi connectivity index (χ1v) is 8.53. The van der Waals surface area contributed by atoms with E-state index in [1.165, 1.54) is 11.8 Å². The Morgan fingerprint density at radius 2 is 2.04 bits per heavy atom. The van der Waals surface area contributed by atoms with Crippen LogP contribution in [-0.2, 0) is 0 Å². The van der Waals surface area contributed by atoms with Crippen molar-refractivity contribution in [2.75, 3.05) is 0 Å². The highest BCUT2D eigenvalue weighted by Crippen LogP contribution is 2.32. The number of nitrogens with zero attached hydrogens (tertiary/aromatic N) is 3. The summed E-state index contributed by atoms with van der Waals surface area (Å²) < 4.78 is 0. The van der Waals surface area contributed by atoms with Gasteiger partial charge in [-0.3, -0.25) is 4.79 Å². The second-order valence-corrected chi connectivity index (χ2v) is 7.06. The number of H-pyrrole nitrogens is 2. The number of aromatic nitrogens is 5. The van der Waals surface area contributed by atoms with Crippen LogP contribution in [0, 0.1) is 0 Å². The molecule has 0 fully saturated rings. The van der Waals surface area contributed by atoms with Gasteiger partial charge in [0.1, 0.15) is 5.82 Å². The van der Waals surface area contributed by atoms with E-state index < -0.39 is 0 Å². The molecule has 24 heavy (non-hydrogen) atoms. The van der Waals surface area contributed by atoms with E-state index in [0.717, 1.165) is 5.52 Å². The van der Waals surface area contributed by atoms with Gasteiger partial charge < -0.3 is 9.97 Å². The summed E-state index contributed by atoms with van der Waals surface area (Å²) >= 11 is 7.40. The number of imidazole rings is 1. The summed E-state index contributed by atoms with van der Waals surface area (Å²) in [5.74, 6) is 0.607. The van der Waals surface area contributed by atoms with Crippen molar-refractivity contribution in [1.29, 1.82) is 0 Å².